The molecule has 4 nitrogen and oxygen atoms in total. The Morgan fingerprint density at radius 1 is 1.00 bits per heavy atom. The summed E-state index contributed by atoms with van der Waals surface area (Å²) in [5, 5.41) is 0.731. The normalized spacial score (nSPS) is 11.0. The molecule has 0 N–H and O–H groups in total. The summed E-state index contributed by atoms with van der Waals surface area (Å²) in [6, 6.07) is 16.2. The maximum atomic E-state index is 13.3. The van der Waals surface area contributed by atoms with Crippen LogP contribution in [0.3, 0.4) is 0 Å². The molecule has 1 amide bonds. The smallest absolute Gasteiger partial charge is 0.233 e. The van der Waals surface area contributed by atoms with Crippen LogP contribution >= 0.6 is 11.3 Å². The van der Waals surface area contributed by atoms with E-state index in [0.29, 0.717) is 13.0 Å². The van der Waals surface area contributed by atoms with Crippen molar-refractivity contribution in [3.05, 3.63) is 88.7 Å². The number of carbonyl (C=O) groups is 1. The quantitative estimate of drug-likeness (QED) is 0.450. The van der Waals surface area contributed by atoms with Gasteiger partial charge >= 0.3 is 0 Å². The second-order valence-corrected chi connectivity index (χ2v) is 8.41. The number of rotatable bonds is 5. The van der Waals surface area contributed by atoms with E-state index in [0.717, 1.165) is 26.5 Å². The first-order valence-corrected chi connectivity index (χ1v) is 10.4. The number of hydrogen-bond acceptors (Lipinski definition) is 4. The van der Waals surface area contributed by atoms with Crippen molar-refractivity contribution in [2.24, 2.45) is 0 Å². The molecule has 29 heavy (non-hydrogen) atoms. The van der Waals surface area contributed by atoms with Gasteiger partial charge in [0.1, 0.15) is 0 Å². The minimum atomic E-state index is 0.0335. The standard InChI is InChI=1S/C24H23N3OS/c1-16-6-8-19(9-7-16)13-22(28)27(15-20-5-4-10-25-14-20)24-26-21-12-17(2)11-18(3)23(21)29-24/h4-12,14H,13,15H2,1-3H3. The topological polar surface area (TPSA) is 46.1 Å². The molecule has 2 aromatic heterocycles. The number of aryl methyl sites for hydroxylation is 3. The van der Waals surface area contributed by atoms with Crippen LogP contribution in [-0.2, 0) is 17.8 Å². The fraction of sp³-hybridized carbons (Fsp3) is 0.208. The van der Waals surface area contributed by atoms with Gasteiger partial charge in [-0.25, -0.2) is 4.98 Å². The van der Waals surface area contributed by atoms with Gasteiger partial charge in [0.15, 0.2) is 5.13 Å². The van der Waals surface area contributed by atoms with Crippen LogP contribution in [-0.4, -0.2) is 15.9 Å². The third kappa shape index (κ3) is 4.35. The molecule has 0 saturated heterocycles. The molecule has 5 heteroatoms. The second-order valence-electron chi connectivity index (χ2n) is 7.43. The number of thiazole rings is 1. The van der Waals surface area contributed by atoms with E-state index in [9.17, 15) is 4.79 Å². The fourth-order valence-corrected chi connectivity index (χ4v) is 4.43. The summed E-state index contributed by atoms with van der Waals surface area (Å²) < 4.78 is 1.13. The predicted molar refractivity (Wildman–Crippen MR) is 119 cm³/mol. The van der Waals surface area contributed by atoms with E-state index in [2.05, 4.69) is 31.0 Å². The van der Waals surface area contributed by atoms with Crippen molar-refractivity contribution < 1.29 is 4.79 Å². The Labute approximate surface area is 174 Å². The lowest BCUT2D eigenvalue weighted by Gasteiger charge is -2.20. The van der Waals surface area contributed by atoms with Gasteiger partial charge in [0, 0.05) is 12.4 Å². The number of fused-ring (bicyclic) bond motifs is 1. The highest BCUT2D eigenvalue weighted by Crippen LogP contribution is 2.33. The van der Waals surface area contributed by atoms with Gasteiger partial charge in [-0.2, -0.15) is 0 Å². The minimum absolute atomic E-state index is 0.0335. The zero-order valence-electron chi connectivity index (χ0n) is 16.8. The Kier molecular flexibility index (Phi) is 5.41. The SMILES string of the molecule is Cc1ccc(CC(=O)N(Cc2cccnc2)c2nc3cc(C)cc(C)c3s2)cc1. The molecular formula is C24H23N3OS. The van der Waals surface area contributed by atoms with Crippen LogP contribution in [0.2, 0.25) is 0 Å². The van der Waals surface area contributed by atoms with Crippen LogP contribution in [0.15, 0.2) is 60.9 Å². The van der Waals surface area contributed by atoms with E-state index in [1.807, 2.05) is 43.3 Å². The molecule has 0 saturated carbocycles. The van der Waals surface area contributed by atoms with Crippen molar-refractivity contribution in [3.8, 4) is 0 Å². The summed E-state index contributed by atoms with van der Waals surface area (Å²) >= 11 is 1.57. The lowest BCUT2D eigenvalue weighted by atomic mass is 10.1. The molecule has 0 aliphatic heterocycles. The van der Waals surface area contributed by atoms with Gasteiger partial charge in [-0.3, -0.25) is 14.7 Å². The van der Waals surface area contributed by atoms with Crippen molar-refractivity contribution >= 4 is 32.6 Å². The zero-order chi connectivity index (χ0) is 20.4. The first-order chi connectivity index (χ1) is 14.0. The molecule has 0 bridgehead atoms. The van der Waals surface area contributed by atoms with Crippen molar-refractivity contribution in [2.75, 3.05) is 4.90 Å². The van der Waals surface area contributed by atoms with Crippen molar-refractivity contribution in [1.82, 2.24) is 9.97 Å². The molecule has 4 aromatic rings. The number of aromatic nitrogens is 2. The van der Waals surface area contributed by atoms with E-state index < -0.39 is 0 Å². The molecule has 0 fully saturated rings. The molecule has 0 aliphatic rings. The highest BCUT2D eigenvalue weighted by Gasteiger charge is 2.21. The molecule has 4 rings (SSSR count). The third-order valence-corrected chi connectivity index (χ3v) is 6.11. The highest BCUT2D eigenvalue weighted by atomic mass is 32.1. The lowest BCUT2D eigenvalue weighted by molar-refractivity contribution is -0.118. The van der Waals surface area contributed by atoms with E-state index in [1.165, 1.54) is 16.7 Å². The minimum Gasteiger partial charge on any atom is -0.283 e. The summed E-state index contributed by atoms with van der Waals surface area (Å²) in [6.07, 6.45) is 3.88. The van der Waals surface area contributed by atoms with Crippen LogP contribution in [0.25, 0.3) is 10.2 Å². The summed E-state index contributed by atoms with van der Waals surface area (Å²) in [4.78, 5) is 24.1. The Balaban J connectivity index is 1.70. The largest absolute Gasteiger partial charge is 0.283 e. The van der Waals surface area contributed by atoms with E-state index in [-0.39, 0.29) is 5.91 Å². The summed E-state index contributed by atoms with van der Waals surface area (Å²) in [5.74, 6) is 0.0335. The molecule has 2 aromatic carbocycles. The molecule has 146 valence electrons. The number of carbonyl (C=O) groups excluding carboxylic acids is 1. The maximum Gasteiger partial charge on any atom is 0.233 e. The van der Waals surface area contributed by atoms with Gasteiger partial charge in [0.2, 0.25) is 5.91 Å². The van der Waals surface area contributed by atoms with Crippen molar-refractivity contribution in [2.45, 2.75) is 33.7 Å². The van der Waals surface area contributed by atoms with E-state index in [1.54, 1.807) is 28.6 Å². The fourth-order valence-electron chi connectivity index (χ4n) is 3.39. The Bertz CT molecular complexity index is 1150. The lowest BCUT2D eigenvalue weighted by Crippen LogP contribution is -2.31. The first-order valence-electron chi connectivity index (χ1n) is 9.62. The first kappa shape index (κ1) is 19.3. The van der Waals surface area contributed by atoms with Crippen LogP contribution in [0.1, 0.15) is 27.8 Å². The van der Waals surface area contributed by atoms with E-state index >= 15 is 0 Å². The van der Waals surface area contributed by atoms with Crippen LogP contribution < -0.4 is 4.90 Å². The second kappa shape index (κ2) is 8.13. The van der Waals surface area contributed by atoms with Crippen molar-refractivity contribution in [3.63, 3.8) is 0 Å². The Morgan fingerprint density at radius 2 is 1.79 bits per heavy atom. The molecule has 0 spiro atoms. The van der Waals surface area contributed by atoms with Crippen LogP contribution in [0, 0.1) is 20.8 Å². The van der Waals surface area contributed by atoms with Crippen LogP contribution in [0.5, 0.6) is 0 Å². The average Bonchev–Trinajstić information content (AvgIpc) is 3.12. The van der Waals surface area contributed by atoms with Gasteiger partial charge < -0.3 is 0 Å². The summed E-state index contributed by atoms with van der Waals surface area (Å²) in [7, 11) is 0. The van der Waals surface area contributed by atoms with Gasteiger partial charge in [-0.1, -0.05) is 53.3 Å². The summed E-state index contributed by atoms with van der Waals surface area (Å²) in [5.41, 5.74) is 6.49. The molecule has 0 radical (unpaired) electrons. The zero-order valence-corrected chi connectivity index (χ0v) is 17.7. The van der Waals surface area contributed by atoms with Crippen LogP contribution in [0.4, 0.5) is 5.13 Å². The highest BCUT2D eigenvalue weighted by molar-refractivity contribution is 7.22. The Morgan fingerprint density at radius 3 is 2.52 bits per heavy atom. The number of amides is 1. The van der Waals surface area contributed by atoms with Gasteiger partial charge in [-0.15, -0.1) is 0 Å². The number of hydrogen-bond donors (Lipinski definition) is 0. The molecule has 0 aliphatic carbocycles. The average molecular weight is 402 g/mol. The number of anilines is 1. The number of benzene rings is 2. The van der Waals surface area contributed by atoms with E-state index in [4.69, 9.17) is 4.98 Å². The molecule has 0 unspecified atom stereocenters. The monoisotopic (exact) mass is 401 g/mol. The maximum absolute atomic E-state index is 13.3. The number of pyridine rings is 1. The summed E-state index contributed by atoms with van der Waals surface area (Å²) in [6.45, 7) is 6.67. The molecule has 2 heterocycles. The van der Waals surface area contributed by atoms with Gasteiger partial charge in [-0.05, 0) is 55.2 Å². The van der Waals surface area contributed by atoms with Gasteiger partial charge in [0.05, 0.1) is 23.2 Å². The van der Waals surface area contributed by atoms with Crippen molar-refractivity contribution in [1.29, 1.82) is 0 Å². The third-order valence-electron chi connectivity index (χ3n) is 4.88. The molecular weight excluding hydrogens is 378 g/mol. The predicted octanol–water partition coefficient (Wildman–Crippen LogP) is 5.39. The number of nitrogens with zero attached hydrogens (tertiary/aromatic N) is 3. The molecule has 0 atom stereocenters. The Hall–Kier alpha value is -3.05. The van der Waals surface area contributed by atoms with Gasteiger partial charge in [0.25, 0.3) is 0 Å².